The summed E-state index contributed by atoms with van der Waals surface area (Å²) in [6.45, 7) is 11.1. The molecule has 1 heterocycles. The number of nitrogens with zero attached hydrogens (tertiary/aromatic N) is 2. The van der Waals surface area contributed by atoms with E-state index in [0.29, 0.717) is 11.6 Å². The van der Waals surface area contributed by atoms with E-state index >= 15 is 0 Å². The maximum atomic E-state index is 12.6. The van der Waals surface area contributed by atoms with Crippen LogP contribution >= 0.6 is 0 Å². The van der Waals surface area contributed by atoms with Crippen LogP contribution in [-0.4, -0.2) is 9.36 Å². The molecular formula is C17H25N3O. The molecule has 0 aliphatic heterocycles. The standard InChI is InChI=1S/C17H25N3O/c1-6-19-15(9-11(2)3)16(18)17(21)20(19)14-8-7-12(4)10-13(14)5/h7-8,10-11H,6,9,18H2,1-5H3. The summed E-state index contributed by atoms with van der Waals surface area (Å²) in [6, 6.07) is 6.12. The zero-order chi connectivity index (χ0) is 15.7. The van der Waals surface area contributed by atoms with Gasteiger partial charge in [-0.2, -0.15) is 0 Å². The maximum absolute atomic E-state index is 12.6. The van der Waals surface area contributed by atoms with Gasteiger partial charge in [-0.3, -0.25) is 9.48 Å². The fourth-order valence-corrected chi connectivity index (χ4v) is 2.82. The van der Waals surface area contributed by atoms with Crippen LogP contribution < -0.4 is 11.3 Å². The van der Waals surface area contributed by atoms with Crippen molar-refractivity contribution in [1.82, 2.24) is 9.36 Å². The summed E-state index contributed by atoms with van der Waals surface area (Å²) in [4.78, 5) is 12.6. The Kier molecular flexibility index (Phi) is 4.26. The van der Waals surface area contributed by atoms with Gasteiger partial charge >= 0.3 is 0 Å². The molecule has 0 aliphatic rings. The Labute approximate surface area is 126 Å². The molecule has 0 saturated carbocycles. The second kappa shape index (κ2) is 5.80. The smallest absolute Gasteiger partial charge is 0.294 e. The minimum absolute atomic E-state index is 0.112. The number of nitrogen functional groups attached to an aromatic ring is 1. The number of aromatic nitrogens is 2. The summed E-state index contributed by atoms with van der Waals surface area (Å²) >= 11 is 0. The van der Waals surface area contributed by atoms with Gasteiger partial charge in [0.25, 0.3) is 5.56 Å². The van der Waals surface area contributed by atoms with Crippen molar-refractivity contribution in [3.8, 4) is 5.69 Å². The molecule has 4 heteroatoms. The number of rotatable bonds is 4. The third-order valence-electron chi connectivity index (χ3n) is 3.77. The Hall–Kier alpha value is -1.97. The van der Waals surface area contributed by atoms with Gasteiger partial charge in [0.05, 0.1) is 11.4 Å². The fraction of sp³-hybridized carbons (Fsp3) is 0.471. The summed E-state index contributed by atoms with van der Waals surface area (Å²) < 4.78 is 3.73. The first kappa shape index (κ1) is 15.4. The highest BCUT2D eigenvalue weighted by molar-refractivity contribution is 5.48. The molecule has 0 saturated heterocycles. The van der Waals surface area contributed by atoms with Gasteiger partial charge in [-0.1, -0.05) is 31.5 Å². The minimum Gasteiger partial charge on any atom is -0.393 e. The maximum Gasteiger partial charge on any atom is 0.294 e. The number of nitrogens with two attached hydrogens (primary N) is 1. The van der Waals surface area contributed by atoms with Gasteiger partial charge < -0.3 is 5.73 Å². The third kappa shape index (κ3) is 2.75. The van der Waals surface area contributed by atoms with Gasteiger partial charge in [-0.25, -0.2) is 4.68 Å². The SMILES string of the molecule is CCn1c(CC(C)C)c(N)c(=O)n1-c1ccc(C)cc1C. The first-order valence-electron chi connectivity index (χ1n) is 7.54. The fourth-order valence-electron chi connectivity index (χ4n) is 2.82. The van der Waals surface area contributed by atoms with Crippen LogP contribution in [0.5, 0.6) is 0 Å². The summed E-state index contributed by atoms with van der Waals surface area (Å²) in [7, 11) is 0. The van der Waals surface area contributed by atoms with E-state index in [9.17, 15) is 4.79 Å². The monoisotopic (exact) mass is 287 g/mol. The highest BCUT2D eigenvalue weighted by Gasteiger charge is 2.19. The van der Waals surface area contributed by atoms with E-state index in [0.717, 1.165) is 29.9 Å². The Morgan fingerprint density at radius 3 is 2.43 bits per heavy atom. The second-order valence-electron chi connectivity index (χ2n) is 6.08. The number of aryl methyl sites for hydroxylation is 2. The van der Waals surface area contributed by atoms with E-state index < -0.39 is 0 Å². The van der Waals surface area contributed by atoms with Crippen LogP contribution in [-0.2, 0) is 13.0 Å². The van der Waals surface area contributed by atoms with Crippen LogP contribution in [0.1, 0.15) is 37.6 Å². The molecule has 0 atom stereocenters. The molecular weight excluding hydrogens is 262 g/mol. The van der Waals surface area contributed by atoms with E-state index in [2.05, 4.69) is 26.8 Å². The molecule has 0 unspecified atom stereocenters. The second-order valence-corrected chi connectivity index (χ2v) is 6.08. The number of hydrogen-bond acceptors (Lipinski definition) is 2. The zero-order valence-corrected chi connectivity index (χ0v) is 13.6. The van der Waals surface area contributed by atoms with Gasteiger partial charge in [0.1, 0.15) is 5.69 Å². The first-order valence-corrected chi connectivity index (χ1v) is 7.54. The minimum atomic E-state index is -0.112. The van der Waals surface area contributed by atoms with E-state index in [1.807, 2.05) is 30.7 Å². The Morgan fingerprint density at radius 1 is 1.24 bits per heavy atom. The van der Waals surface area contributed by atoms with Crippen LogP contribution in [0.3, 0.4) is 0 Å². The predicted octanol–water partition coefficient (Wildman–Crippen LogP) is 3.06. The molecule has 114 valence electrons. The molecule has 4 nitrogen and oxygen atoms in total. The lowest BCUT2D eigenvalue weighted by Crippen LogP contribution is -2.23. The van der Waals surface area contributed by atoms with E-state index in [4.69, 9.17) is 5.73 Å². The molecule has 0 bridgehead atoms. The van der Waals surface area contributed by atoms with Crippen molar-refractivity contribution < 1.29 is 0 Å². The quantitative estimate of drug-likeness (QED) is 0.939. The summed E-state index contributed by atoms with van der Waals surface area (Å²) in [5.74, 6) is 0.458. The van der Waals surface area contributed by atoms with E-state index in [1.165, 1.54) is 5.56 Å². The molecule has 2 rings (SSSR count). The van der Waals surface area contributed by atoms with E-state index in [-0.39, 0.29) is 5.56 Å². The Balaban J connectivity index is 2.71. The van der Waals surface area contributed by atoms with Crippen LogP contribution in [0, 0.1) is 19.8 Å². The topological polar surface area (TPSA) is 52.9 Å². The first-order chi connectivity index (χ1) is 9.86. The molecule has 0 fully saturated rings. The molecule has 0 radical (unpaired) electrons. The summed E-state index contributed by atoms with van der Waals surface area (Å²) in [5.41, 5.74) is 10.5. The van der Waals surface area contributed by atoms with Gasteiger partial charge in [0.15, 0.2) is 0 Å². The summed E-state index contributed by atoms with van der Waals surface area (Å²) in [6.07, 6.45) is 0.812. The van der Waals surface area contributed by atoms with Crippen molar-refractivity contribution in [3.05, 3.63) is 45.4 Å². The highest BCUT2D eigenvalue weighted by Crippen LogP contribution is 2.20. The molecule has 0 aliphatic carbocycles. The molecule has 2 N–H and O–H groups in total. The van der Waals surface area contributed by atoms with Crippen LogP contribution in [0.15, 0.2) is 23.0 Å². The van der Waals surface area contributed by atoms with E-state index in [1.54, 1.807) is 4.68 Å². The van der Waals surface area contributed by atoms with Crippen molar-refractivity contribution >= 4 is 5.69 Å². The molecule has 0 amide bonds. The molecule has 21 heavy (non-hydrogen) atoms. The number of anilines is 1. The Morgan fingerprint density at radius 2 is 1.90 bits per heavy atom. The average Bonchev–Trinajstić information content (AvgIpc) is 2.63. The lowest BCUT2D eigenvalue weighted by Gasteiger charge is -2.16. The van der Waals surface area contributed by atoms with Crippen LogP contribution in [0.2, 0.25) is 0 Å². The van der Waals surface area contributed by atoms with Gasteiger partial charge in [0.2, 0.25) is 0 Å². The normalized spacial score (nSPS) is 11.3. The van der Waals surface area contributed by atoms with Crippen molar-refractivity contribution in [2.75, 3.05) is 5.73 Å². The molecule has 2 aromatic rings. The zero-order valence-electron chi connectivity index (χ0n) is 13.6. The molecule has 1 aromatic heterocycles. The van der Waals surface area contributed by atoms with Crippen molar-refractivity contribution in [3.63, 3.8) is 0 Å². The molecule has 1 aromatic carbocycles. The van der Waals surface area contributed by atoms with Gasteiger partial charge in [-0.05, 0) is 44.7 Å². The van der Waals surface area contributed by atoms with Crippen molar-refractivity contribution in [2.24, 2.45) is 5.92 Å². The van der Waals surface area contributed by atoms with Crippen molar-refractivity contribution in [1.29, 1.82) is 0 Å². The number of hydrogen-bond donors (Lipinski definition) is 1. The lowest BCUT2D eigenvalue weighted by atomic mass is 10.1. The van der Waals surface area contributed by atoms with Crippen molar-refractivity contribution in [2.45, 2.75) is 47.6 Å². The highest BCUT2D eigenvalue weighted by atomic mass is 16.1. The van der Waals surface area contributed by atoms with Gasteiger partial charge in [0, 0.05) is 6.54 Å². The number of benzene rings is 1. The molecule has 0 spiro atoms. The van der Waals surface area contributed by atoms with Crippen LogP contribution in [0.4, 0.5) is 5.69 Å². The lowest BCUT2D eigenvalue weighted by molar-refractivity contribution is 0.519. The summed E-state index contributed by atoms with van der Waals surface area (Å²) in [5, 5.41) is 0. The third-order valence-corrected chi connectivity index (χ3v) is 3.77. The predicted molar refractivity (Wildman–Crippen MR) is 88.1 cm³/mol. The van der Waals surface area contributed by atoms with Gasteiger partial charge in [-0.15, -0.1) is 0 Å². The Bertz CT molecular complexity index is 708. The largest absolute Gasteiger partial charge is 0.393 e. The van der Waals surface area contributed by atoms with Crippen LogP contribution in [0.25, 0.3) is 5.69 Å². The average molecular weight is 287 g/mol.